The predicted octanol–water partition coefficient (Wildman–Crippen LogP) is 1.31. The van der Waals surface area contributed by atoms with Crippen LogP contribution in [0.2, 0.25) is 0 Å². The van der Waals surface area contributed by atoms with Crippen LogP contribution in [0.15, 0.2) is 24.4 Å². The molecule has 4 nitrogen and oxygen atoms in total. The zero-order valence-electron chi connectivity index (χ0n) is 8.56. The van der Waals surface area contributed by atoms with Gasteiger partial charge in [-0.05, 0) is 19.1 Å². The summed E-state index contributed by atoms with van der Waals surface area (Å²) in [6.07, 6.45) is 1.77. The normalized spacial score (nSPS) is 12.7. The van der Waals surface area contributed by atoms with Crippen molar-refractivity contribution in [2.75, 3.05) is 20.3 Å². The number of ether oxygens (including phenoxy) is 1. The third kappa shape index (κ3) is 3.83. The Balaban J connectivity index is 2.25. The Morgan fingerprint density at radius 1 is 1.43 bits per heavy atom. The van der Waals surface area contributed by atoms with Gasteiger partial charge >= 0.3 is 0 Å². The van der Waals surface area contributed by atoms with E-state index in [-0.39, 0.29) is 6.04 Å². The second kappa shape index (κ2) is 6.48. The van der Waals surface area contributed by atoms with Gasteiger partial charge in [-0.2, -0.15) is 5.48 Å². The Hall–Kier alpha value is -0.970. The lowest BCUT2D eigenvalue weighted by Gasteiger charge is -2.12. The zero-order valence-corrected chi connectivity index (χ0v) is 8.56. The van der Waals surface area contributed by atoms with E-state index in [1.807, 2.05) is 25.1 Å². The molecule has 1 atom stereocenters. The number of rotatable bonds is 6. The molecule has 4 heteroatoms. The van der Waals surface area contributed by atoms with Gasteiger partial charge in [0.1, 0.15) is 0 Å². The van der Waals surface area contributed by atoms with Crippen molar-refractivity contribution in [2.24, 2.45) is 0 Å². The molecule has 1 aromatic heterocycles. The molecule has 0 aliphatic rings. The van der Waals surface area contributed by atoms with Gasteiger partial charge in [-0.1, -0.05) is 6.07 Å². The van der Waals surface area contributed by atoms with Crippen molar-refractivity contribution in [1.82, 2.24) is 10.5 Å². The van der Waals surface area contributed by atoms with Gasteiger partial charge < -0.3 is 4.74 Å². The van der Waals surface area contributed by atoms with Crippen LogP contribution in [0.3, 0.4) is 0 Å². The molecular weight excluding hydrogens is 180 g/mol. The third-order valence-corrected chi connectivity index (χ3v) is 1.78. The van der Waals surface area contributed by atoms with E-state index in [4.69, 9.17) is 9.57 Å². The van der Waals surface area contributed by atoms with Crippen LogP contribution >= 0.6 is 0 Å². The monoisotopic (exact) mass is 196 g/mol. The van der Waals surface area contributed by atoms with Crippen LogP contribution in [0, 0.1) is 0 Å². The fourth-order valence-electron chi connectivity index (χ4n) is 1.00. The first-order valence-corrected chi connectivity index (χ1v) is 4.61. The summed E-state index contributed by atoms with van der Waals surface area (Å²) in [7, 11) is 1.64. The molecule has 0 radical (unpaired) electrons. The maximum Gasteiger partial charge on any atom is 0.0916 e. The summed E-state index contributed by atoms with van der Waals surface area (Å²) < 4.78 is 4.85. The van der Waals surface area contributed by atoms with Crippen LogP contribution in [-0.4, -0.2) is 25.3 Å². The van der Waals surface area contributed by atoms with Gasteiger partial charge in [0.25, 0.3) is 0 Å². The minimum Gasteiger partial charge on any atom is -0.382 e. The number of pyridine rings is 1. The van der Waals surface area contributed by atoms with Crippen molar-refractivity contribution >= 4 is 0 Å². The summed E-state index contributed by atoms with van der Waals surface area (Å²) in [5.41, 5.74) is 3.85. The van der Waals surface area contributed by atoms with Crippen molar-refractivity contribution < 1.29 is 9.57 Å². The smallest absolute Gasteiger partial charge is 0.0916 e. The average Bonchev–Trinajstić information content (AvgIpc) is 2.25. The zero-order chi connectivity index (χ0) is 10.2. The summed E-state index contributed by atoms with van der Waals surface area (Å²) in [4.78, 5) is 9.38. The first-order valence-electron chi connectivity index (χ1n) is 4.61. The Bertz CT molecular complexity index is 241. The Morgan fingerprint density at radius 2 is 2.29 bits per heavy atom. The molecule has 0 amide bonds. The Labute approximate surface area is 84.2 Å². The molecule has 0 bridgehead atoms. The Kier molecular flexibility index (Phi) is 5.14. The molecule has 14 heavy (non-hydrogen) atoms. The SMILES string of the molecule is COCCONC(C)c1ccccn1. The molecule has 0 aliphatic heterocycles. The first-order chi connectivity index (χ1) is 6.84. The first kappa shape index (κ1) is 11.1. The number of methoxy groups -OCH3 is 1. The van der Waals surface area contributed by atoms with Crippen LogP contribution in [0.5, 0.6) is 0 Å². The van der Waals surface area contributed by atoms with E-state index >= 15 is 0 Å². The van der Waals surface area contributed by atoms with Gasteiger partial charge in [0.2, 0.25) is 0 Å². The van der Waals surface area contributed by atoms with Crippen LogP contribution in [0.25, 0.3) is 0 Å². The molecular formula is C10H16N2O2. The number of hydrogen-bond donors (Lipinski definition) is 1. The number of aromatic nitrogens is 1. The lowest BCUT2D eigenvalue weighted by Crippen LogP contribution is -2.21. The van der Waals surface area contributed by atoms with Crippen molar-refractivity contribution in [3.05, 3.63) is 30.1 Å². The van der Waals surface area contributed by atoms with Gasteiger partial charge in [0.05, 0.1) is 24.9 Å². The highest BCUT2D eigenvalue weighted by molar-refractivity contribution is 5.06. The van der Waals surface area contributed by atoms with E-state index in [2.05, 4.69) is 10.5 Å². The largest absolute Gasteiger partial charge is 0.382 e. The van der Waals surface area contributed by atoms with Crippen molar-refractivity contribution in [3.63, 3.8) is 0 Å². The van der Waals surface area contributed by atoms with E-state index in [0.29, 0.717) is 13.2 Å². The topological polar surface area (TPSA) is 43.4 Å². The molecule has 1 rings (SSSR count). The highest BCUT2D eigenvalue weighted by atomic mass is 16.7. The number of hydrogen-bond acceptors (Lipinski definition) is 4. The van der Waals surface area contributed by atoms with E-state index in [1.54, 1.807) is 13.3 Å². The van der Waals surface area contributed by atoms with Gasteiger partial charge in [-0.15, -0.1) is 0 Å². The standard InChI is InChI=1S/C10H16N2O2/c1-9(12-14-8-7-13-2)10-5-3-4-6-11-10/h3-6,9,12H,7-8H2,1-2H3. The van der Waals surface area contributed by atoms with Crippen molar-refractivity contribution in [3.8, 4) is 0 Å². The predicted molar refractivity (Wildman–Crippen MR) is 53.6 cm³/mol. The molecule has 1 aromatic rings. The quantitative estimate of drug-likeness (QED) is 0.550. The number of hydroxylamine groups is 1. The van der Waals surface area contributed by atoms with Crippen molar-refractivity contribution in [2.45, 2.75) is 13.0 Å². The number of nitrogens with zero attached hydrogens (tertiary/aromatic N) is 1. The molecule has 0 saturated carbocycles. The lowest BCUT2D eigenvalue weighted by molar-refractivity contribution is -0.00990. The highest BCUT2D eigenvalue weighted by Gasteiger charge is 2.04. The van der Waals surface area contributed by atoms with Gasteiger partial charge in [-0.3, -0.25) is 9.82 Å². The van der Waals surface area contributed by atoms with Crippen LogP contribution < -0.4 is 5.48 Å². The maximum atomic E-state index is 5.18. The van der Waals surface area contributed by atoms with Crippen LogP contribution in [0.1, 0.15) is 18.7 Å². The van der Waals surface area contributed by atoms with E-state index in [9.17, 15) is 0 Å². The van der Waals surface area contributed by atoms with E-state index < -0.39 is 0 Å². The van der Waals surface area contributed by atoms with Crippen LogP contribution in [0.4, 0.5) is 0 Å². The molecule has 1 unspecified atom stereocenters. The summed E-state index contributed by atoms with van der Waals surface area (Å²) >= 11 is 0. The highest BCUT2D eigenvalue weighted by Crippen LogP contribution is 2.06. The summed E-state index contributed by atoms with van der Waals surface area (Å²) in [6, 6.07) is 5.89. The maximum absolute atomic E-state index is 5.18. The molecule has 0 aromatic carbocycles. The van der Waals surface area contributed by atoms with Crippen molar-refractivity contribution in [1.29, 1.82) is 0 Å². The second-order valence-corrected chi connectivity index (χ2v) is 2.94. The fraction of sp³-hybridized carbons (Fsp3) is 0.500. The fourth-order valence-corrected chi connectivity index (χ4v) is 1.00. The lowest BCUT2D eigenvalue weighted by atomic mass is 10.2. The summed E-state index contributed by atoms with van der Waals surface area (Å²) in [5.74, 6) is 0. The average molecular weight is 196 g/mol. The Morgan fingerprint density at radius 3 is 2.93 bits per heavy atom. The number of nitrogens with one attached hydrogen (secondary N) is 1. The third-order valence-electron chi connectivity index (χ3n) is 1.78. The molecule has 0 spiro atoms. The van der Waals surface area contributed by atoms with Gasteiger partial charge in [0.15, 0.2) is 0 Å². The molecule has 0 saturated heterocycles. The molecule has 1 heterocycles. The van der Waals surface area contributed by atoms with E-state index in [0.717, 1.165) is 5.69 Å². The molecule has 0 fully saturated rings. The summed E-state index contributed by atoms with van der Waals surface area (Å²) in [6.45, 7) is 3.12. The minimum atomic E-state index is 0.0908. The molecule has 0 aliphatic carbocycles. The summed E-state index contributed by atoms with van der Waals surface area (Å²) in [5, 5.41) is 0. The van der Waals surface area contributed by atoms with E-state index in [1.165, 1.54) is 0 Å². The van der Waals surface area contributed by atoms with Gasteiger partial charge in [0, 0.05) is 13.3 Å². The molecule has 1 N–H and O–H groups in total. The minimum absolute atomic E-state index is 0.0908. The second-order valence-electron chi connectivity index (χ2n) is 2.94. The van der Waals surface area contributed by atoms with Crippen LogP contribution in [-0.2, 0) is 9.57 Å². The molecule has 78 valence electrons. The van der Waals surface area contributed by atoms with Gasteiger partial charge in [-0.25, -0.2) is 0 Å².